The van der Waals surface area contributed by atoms with Gasteiger partial charge in [0.05, 0.1) is 30.8 Å². The molecule has 9 heteroatoms. The lowest BCUT2D eigenvalue weighted by Gasteiger charge is -2.04. The number of amides is 2. The van der Waals surface area contributed by atoms with Crippen molar-refractivity contribution in [1.82, 2.24) is 20.1 Å². The second kappa shape index (κ2) is 8.04. The third-order valence-electron chi connectivity index (χ3n) is 3.44. The zero-order valence-corrected chi connectivity index (χ0v) is 15.2. The van der Waals surface area contributed by atoms with Crippen molar-refractivity contribution in [1.29, 1.82) is 0 Å². The van der Waals surface area contributed by atoms with Gasteiger partial charge in [-0.15, -0.1) is 22.7 Å². The van der Waals surface area contributed by atoms with Gasteiger partial charge in [0.1, 0.15) is 0 Å². The van der Waals surface area contributed by atoms with E-state index in [1.165, 1.54) is 11.3 Å². The number of carbonyl (C=O) groups excluding carboxylic acids is 2. The van der Waals surface area contributed by atoms with Crippen LogP contribution < -0.4 is 10.6 Å². The van der Waals surface area contributed by atoms with Crippen LogP contribution in [0, 0.1) is 0 Å². The molecule has 7 nitrogen and oxygen atoms in total. The van der Waals surface area contributed by atoms with Gasteiger partial charge in [-0.2, -0.15) is 5.10 Å². The van der Waals surface area contributed by atoms with Crippen LogP contribution in [0.1, 0.15) is 16.3 Å². The molecule has 0 aliphatic heterocycles. The molecule has 0 atom stereocenters. The van der Waals surface area contributed by atoms with Crippen LogP contribution in [0.3, 0.4) is 0 Å². The van der Waals surface area contributed by atoms with Gasteiger partial charge in [-0.05, 0) is 17.5 Å². The lowest BCUT2D eigenvalue weighted by Crippen LogP contribution is -2.25. The van der Waals surface area contributed by atoms with Crippen LogP contribution in [0.25, 0.3) is 0 Å². The molecule has 0 saturated carbocycles. The van der Waals surface area contributed by atoms with Crippen LogP contribution in [0.4, 0.5) is 5.13 Å². The molecule has 3 heterocycles. The van der Waals surface area contributed by atoms with Crippen LogP contribution in [0.15, 0.2) is 35.2 Å². The van der Waals surface area contributed by atoms with Crippen molar-refractivity contribution in [2.24, 2.45) is 7.05 Å². The van der Waals surface area contributed by atoms with Gasteiger partial charge in [0.2, 0.25) is 11.8 Å². The van der Waals surface area contributed by atoms with E-state index in [1.807, 2.05) is 30.6 Å². The second-order valence-electron chi connectivity index (χ2n) is 5.35. The fourth-order valence-corrected chi connectivity index (χ4v) is 3.60. The monoisotopic (exact) mass is 375 g/mol. The first-order chi connectivity index (χ1) is 12.1. The number of hydrogen-bond donors (Lipinski definition) is 2. The minimum atomic E-state index is -0.122. The number of aryl methyl sites for hydroxylation is 1. The number of nitrogens with one attached hydrogen (secondary N) is 2. The fourth-order valence-electron chi connectivity index (χ4n) is 2.17. The Morgan fingerprint density at radius 2 is 2.08 bits per heavy atom. The van der Waals surface area contributed by atoms with Crippen molar-refractivity contribution >= 4 is 39.6 Å². The third kappa shape index (κ3) is 4.97. The average Bonchev–Trinajstić information content (AvgIpc) is 3.29. The second-order valence-corrected chi connectivity index (χ2v) is 7.24. The van der Waals surface area contributed by atoms with Crippen LogP contribution in [-0.2, 0) is 36.0 Å². The lowest BCUT2D eigenvalue weighted by atomic mass is 10.3. The topological polar surface area (TPSA) is 88.9 Å². The molecular formula is C16H17N5O2S2. The third-order valence-corrected chi connectivity index (χ3v) is 5.13. The van der Waals surface area contributed by atoms with E-state index in [1.54, 1.807) is 27.6 Å². The Balaban J connectivity index is 1.47. The highest BCUT2D eigenvalue weighted by atomic mass is 32.1. The molecule has 0 aliphatic carbocycles. The normalized spacial score (nSPS) is 10.6. The molecule has 3 rings (SSSR count). The molecule has 0 radical (unpaired) electrons. The van der Waals surface area contributed by atoms with E-state index in [9.17, 15) is 9.59 Å². The SMILES string of the molecule is Cn1nccc1CNC(=O)Cc1csc(NC(=O)Cc2cccs2)n1. The van der Waals surface area contributed by atoms with Crippen LogP contribution in [0.2, 0.25) is 0 Å². The zero-order chi connectivity index (χ0) is 17.6. The van der Waals surface area contributed by atoms with Gasteiger partial charge < -0.3 is 10.6 Å². The summed E-state index contributed by atoms with van der Waals surface area (Å²) in [4.78, 5) is 29.2. The van der Waals surface area contributed by atoms with Crippen molar-refractivity contribution in [2.45, 2.75) is 19.4 Å². The Morgan fingerprint density at radius 3 is 2.80 bits per heavy atom. The largest absolute Gasteiger partial charge is 0.350 e. The first-order valence-corrected chi connectivity index (χ1v) is 9.36. The van der Waals surface area contributed by atoms with Crippen molar-refractivity contribution in [2.75, 3.05) is 5.32 Å². The molecule has 2 N–H and O–H groups in total. The van der Waals surface area contributed by atoms with Gasteiger partial charge >= 0.3 is 0 Å². The summed E-state index contributed by atoms with van der Waals surface area (Å²) in [6, 6.07) is 5.69. The fraction of sp³-hybridized carbons (Fsp3) is 0.250. The number of nitrogens with zero attached hydrogens (tertiary/aromatic N) is 3. The van der Waals surface area contributed by atoms with Gasteiger partial charge in [-0.25, -0.2) is 4.98 Å². The summed E-state index contributed by atoms with van der Waals surface area (Å²) < 4.78 is 1.71. The summed E-state index contributed by atoms with van der Waals surface area (Å²) in [5.74, 6) is -0.230. The molecule has 2 amide bonds. The highest BCUT2D eigenvalue weighted by Gasteiger charge is 2.11. The standard InChI is InChI=1S/C16H17N5O2S2/c1-21-12(4-5-18-21)9-17-14(22)7-11-10-25-16(19-11)20-15(23)8-13-3-2-6-24-13/h2-6,10H,7-9H2,1H3,(H,17,22)(H,19,20,23). The molecular weight excluding hydrogens is 358 g/mol. The molecule has 0 spiro atoms. The molecule has 3 aromatic heterocycles. The number of anilines is 1. The Morgan fingerprint density at radius 1 is 1.20 bits per heavy atom. The quantitative estimate of drug-likeness (QED) is 0.661. The van der Waals surface area contributed by atoms with E-state index >= 15 is 0 Å². The molecule has 0 bridgehead atoms. The first-order valence-electron chi connectivity index (χ1n) is 7.60. The Labute approximate surface area is 152 Å². The predicted octanol–water partition coefficient (Wildman–Crippen LogP) is 1.98. The van der Waals surface area contributed by atoms with Crippen LogP contribution in [-0.4, -0.2) is 26.6 Å². The van der Waals surface area contributed by atoms with Gasteiger partial charge in [0.15, 0.2) is 5.13 Å². The predicted molar refractivity (Wildman–Crippen MR) is 97.5 cm³/mol. The summed E-state index contributed by atoms with van der Waals surface area (Å²) in [6.45, 7) is 0.421. The minimum Gasteiger partial charge on any atom is -0.350 e. The molecule has 0 unspecified atom stereocenters. The van der Waals surface area contributed by atoms with Crippen molar-refractivity contribution < 1.29 is 9.59 Å². The Kier molecular flexibility index (Phi) is 5.56. The van der Waals surface area contributed by atoms with E-state index in [2.05, 4.69) is 20.7 Å². The number of hydrogen-bond acceptors (Lipinski definition) is 6. The number of thiazole rings is 1. The maximum Gasteiger partial charge on any atom is 0.231 e. The minimum absolute atomic E-state index is 0.107. The van der Waals surface area contributed by atoms with Gasteiger partial charge in [0.25, 0.3) is 0 Å². The average molecular weight is 375 g/mol. The zero-order valence-electron chi connectivity index (χ0n) is 13.6. The Bertz CT molecular complexity index is 854. The van der Waals surface area contributed by atoms with Gasteiger partial charge in [-0.1, -0.05) is 6.07 Å². The summed E-state index contributed by atoms with van der Waals surface area (Å²) in [7, 11) is 1.83. The smallest absolute Gasteiger partial charge is 0.231 e. The van der Waals surface area contributed by atoms with Crippen molar-refractivity contribution in [3.63, 3.8) is 0 Å². The Hall–Kier alpha value is -2.52. The molecule has 0 aliphatic rings. The summed E-state index contributed by atoms with van der Waals surface area (Å²) in [5, 5.41) is 13.9. The number of thiophene rings is 1. The number of aromatic nitrogens is 3. The van der Waals surface area contributed by atoms with E-state index in [0.29, 0.717) is 23.8 Å². The van der Waals surface area contributed by atoms with Crippen molar-refractivity contribution in [3.8, 4) is 0 Å². The highest BCUT2D eigenvalue weighted by molar-refractivity contribution is 7.14. The molecule has 3 aromatic rings. The van der Waals surface area contributed by atoms with E-state index in [4.69, 9.17) is 0 Å². The van der Waals surface area contributed by atoms with Crippen LogP contribution in [0.5, 0.6) is 0 Å². The van der Waals surface area contributed by atoms with E-state index in [-0.39, 0.29) is 18.2 Å². The van der Waals surface area contributed by atoms with E-state index in [0.717, 1.165) is 10.6 Å². The van der Waals surface area contributed by atoms with Gasteiger partial charge in [0, 0.05) is 23.5 Å². The summed E-state index contributed by atoms with van der Waals surface area (Å²) >= 11 is 2.86. The molecule has 0 fully saturated rings. The maximum atomic E-state index is 12.0. The molecule has 0 saturated heterocycles. The van der Waals surface area contributed by atoms with E-state index < -0.39 is 0 Å². The molecule has 0 aromatic carbocycles. The number of carbonyl (C=O) groups is 2. The van der Waals surface area contributed by atoms with Crippen LogP contribution >= 0.6 is 22.7 Å². The molecule has 130 valence electrons. The highest BCUT2D eigenvalue weighted by Crippen LogP contribution is 2.17. The molecule has 25 heavy (non-hydrogen) atoms. The summed E-state index contributed by atoms with van der Waals surface area (Å²) in [6.07, 6.45) is 2.19. The van der Waals surface area contributed by atoms with Gasteiger partial charge in [-0.3, -0.25) is 14.3 Å². The summed E-state index contributed by atoms with van der Waals surface area (Å²) in [5.41, 5.74) is 1.56. The first kappa shape index (κ1) is 17.3. The maximum absolute atomic E-state index is 12.0. The lowest BCUT2D eigenvalue weighted by molar-refractivity contribution is -0.120. The number of rotatable bonds is 7. The van der Waals surface area contributed by atoms with Crippen molar-refractivity contribution in [3.05, 3.63) is 51.4 Å².